The first-order chi connectivity index (χ1) is 15.8. The van der Waals surface area contributed by atoms with Crippen LogP contribution >= 0.6 is 11.9 Å². The Hall–Kier alpha value is -2.69. The van der Waals surface area contributed by atoms with Crippen molar-refractivity contribution in [3.8, 4) is 0 Å². The molecule has 1 aromatic heterocycles. The van der Waals surface area contributed by atoms with Gasteiger partial charge < -0.3 is 4.90 Å². The van der Waals surface area contributed by atoms with Gasteiger partial charge in [-0.2, -0.15) is 0 Å². The van der Waals surface area contributed by atoms with Gasteiger partial charge in [-0.05, 0) is 54.8 Å². The number of hydrogen-bond donors (Lipinski definition) is 0. The lowest BCUT2D eigenvalue weighted by molar-refractivity contribution is 0.250. The lowest BCUT2D eigenvalue weighted by Gasteiger charge is -2.36. The van der Waals surface area contributed by atoms with Crippen LogP contribution in [-0.4, -0.2) is 35.1 Å². The molecule has 4 heteroatoms. The van der Waals surface area contributed by atoms with Crippen LogP contribution < -0.4 is 4.90 Å². The maximum absolute atomic E-state index is 2.59. The zero-order valence-electron chi connectivity index (χ0n) is 19.4. The third-order valence-electron chi connectivity index (χ3n) is 5.87. The van der Waals surface area contributed by atoms with Crippen molar-refractivity contribution < 1.29 is 0 Å². The van der Waals surface area contributed by atoms with Crippen molar-refractivity contribution in [3.05, 3.63) is 96.2 Å². The van der Waals surface area contributed by atoms with E-state index in [0.29, 0.717) is 0 Å². The monoisotopic (exact) mass is 443 g/mol. The van der Waals surface area contributed by atoms with Crippen molar-refractivity contribution in [2.24, 2.45) is 0 Å². The Bertz CT molecular complexity index is 1110. The zero-order chi connectivity index (χ0) is 22.3. The summed E-state index contributed by atoms with van der Waals surface area (Å²) in [5.74, 6) is 0. The molecular weight excluding hydrogens is 410 g/mol. The molecule has 32 heavy (non-hydrogen) atoms. The third kappa shape index (κ3) is 5.20. The molecule has 0 unspecified atom stereocenters. The number of piperazine rings is 1. The summed E-state index contributed by atoms with van der Waals surface area (Å²) >= 11 is 1.80. The number of rotatable bonds is 5. The molecule has 5 rings (SSSR count). The molecule has 2 heterocycles. The van der Waals surface area contributed by atoms with Gasteiger partial charge in [-0.1, -0.05) is 67.9 Å². The highest BCUT2D eigenvalue weighted by Gasteiger charge is 2.19. The molecule has 0 bridgehead atoms. The average molecular weight is 444 g/mol. The Labute approximate surface area is 196 Å². The number of hydrogen-bond acceptors (Lipinski definition) is 3. The Morgan fingerprint density at radius 3 is 2.12 bits per heavy atom. The Morgan fingerprint density at radius 2 is 1.41 bits per heavy atom. The minimum atomic E-state index is 1.00. The van der Waals surface area contributed by atoms with Gasteiger partial charge in [-0.25, -0.2) is 0 Å². The molecule has 0 radical (unpaired) electrons. The maximum Gasteiger partial charge on any atom is 0.0597 e. The predicted molar refractivity (Wildman–Crippen MR) is 140 cm³/mol. The molecule has 1 aliphatic rings. The van der Waals surface area contributed by atoms with E-state index in [1.54, 1.807) is 11.9 Å². The van der Waals surface area contributed by atoms with Gasteiger partial charge in [-0.3, -0.25) is 8.87 Å². The second-order valence-corrected chi connectivity index (χ2v) is 9.05. The molecule has 4 aromatic rings. The van der Waals surface area contributed by atoms with Gasteiger partial charge in [0.15, 0.2) is 0 Å². The van der Waals surface area contributed by atoms with Crippen LogP contribution in [0.5, 0.6) is 0 Å². The van der Waals surface area contributed by atoms with E-state index in [1.807, 2.05) is 13.8 Å². The number of aromatic nitrogens is 1. The largest absolute Gasteiger partial charge is 0.369 e. The van der Waals surface area contributed by atoms with Gasteiger partial charge in [0.25, 0.3) is 0 Å². The lowest BCUT2D eigenvalue weighted by atomic mass is 10.1. The summed E-state index contributed by atoms with van der Waals surface area (Å²) in [5, 5.41) is 1.36. The number of aryl methyl sites for hydroxylation is 1. The summed E-state index contributed by atoms with van der Waals surface area (Å²) in [7, 11) is 0. The molecule has 3 aromatic carbocycles. The summed E-state index contributed by atoms with van der Waals surface area (Å²) in [5.41, 5.74) is 5.34. The van der Waals surface area contributed by atoms with Crippen LogP contribution in [0.2, 0.25) is 0 Å². The molecule has 166 valence electrons. The molecule has 0 aliphatic carbocycles. The smallest absolute Gasteiger partial charge is 0.0597 e. The van der Waals surface area contributed by atoms with Crippen LogP contribution in [0, 0.1) is 6.92 Å². The van der Waals surface area contributed by atoms with E-state index in [1.165, 1.54) is 32.6 Å². The minimum absolute atomic E-state index is 1.00. The first-order valence-corrected chi connectivity index (χ1v) is 12.4. The highest BCUT2D eigenvalue weighted by molar-refractivity contribution is 7.98. The molecule has 1 fully saturated rings. The van der Waals surface area contributed by atoms with E-state index in [4.69, 9.17) is 0 Å². The summed E-state index contributed by atoms with van der Waals surface area (Å²) in [6.07, 6.45) is 2.33. The predicted octanol–water partition coefficient (Wildman–Crippen LogP) is 6.85. The van der Waals surface area contributed by atoms with Gasteiger partial charge in [0, 0.05) is 54.9 Å². The van der Waals surface area contributed by atoms with E-state index in [0.717, 1.165) is 32.7 Å². The second-order valence-electron chi connectivity index (χ2n) is 8.00. The van der Waals surface area contributed by atoms with Crippen LogP contribution in [0.4, 0.5) is 5.69 Å². The molecule has 1 aliphatic heterocycles. The van der Waals surface area contributed by atoms with Crippen molar-refractivity contribution >= 4 is 28.5 Å². The van der Waals surface area contributed by atoms with Crippen molar-refractivity contribution in [1.82, 2.24) is 8.87 Å². The van der Waals surface area contributed by atoms with Crippen LogP contribution in [0.25, 0.3) is 10.9 Å². The Morgan fingerprint density at radius 1 is 0.750 bits per heavy atom. The van der Waals surface area contributed by atoms with Crippen LogP contribution in [0.15, 0.2) is 90.0 Å². The highest BCUT2D eigenvalue weighted by Crippen LogP contribution is 2.30. The standard InChI is InChI=1S/C26H27N3S.C2H6/c1-21-11-13-24(14-12-21)30-29-20-22(25-9-5-6-10-26(25)29)19-27-15-17-28(18-16-27)23-7-3-2-4-8-23;1-2/h2-14,20H,15-19H2,1H3;1-2H3. The van der Waals surface area contributed by atoms with Crippen molar-refractivity contribution in [3.63, 3.8) is 0 Å². The normalized spacial score (nSPS) is 14.3. The number of anilines is 1. The second kappa shape index (κ2) is 10.8. The fraction of sp³-hybridized carbons (Fsp3) is 0.286. The van der Waals surface area contributed by atoms with Gasteiger partial charge in [0.1, 0.15) is 0 Å². The summed E-state index contributed by atoms with van der Waals surface area (Å²) < 4.78 is 2.33. The average Bonchev–Trinajstić information content (AvgIpc) is 3.20. The molecule has 0 spiro atoms. The van der Waals surface area contributed by atoms with Gasteiger partial charge in [0.2, 0.25) is 0 Å². The molecule has 1 saturated heterocycles. The first kappa shape index (κ1) is 22.5. The van der Waals surface area contributed by atoms with E-state index >= 15 is 0 Å². The van der Waals surface area contributed by atoms with Crippen molar-refractivity contribution in [2.75, 3.05) is 31.1 Å². The van der Waals surface area contributed by atoms with Gasteiger partial charge >= 0.3 is 0 Å². The van der Waals surface area contributed by atoms with Crippen LogP contribution in [0.1, 0.15) is 25.0 Å². The van der Waals surface area contributed by atoms with E-state index in [2.05, 4.69) is 106 Å². The molecule has 0 saturated carbocycles. The Kier molecular flexibility index (Phi) is 7.56. The molecule has 3 nitrogen and oxygen atoms in total. The maximum atomic E-state index is 2.59. The van der Waals surface area contributed by atoms with Crippen LogP contribution in [0.3, 0.4) is 0 Å². The summed E-state index contributed by atoms with van der Waals surface area (Å²) in [6, 6.07) is 28.3. The minimum Gasteiger partial charge on any atom is -0.369 e. The van der Waals surface area contributed by atoms with Crippen molar-refractivity contribution in [2.45, 2.75) is 32.2 Å². The number of nitrogens with zero attached hydrogens (tertiary/aromatic N) is 3. The topological polar surface area (TPSA) is 11.4 Å². The fourth-order valence-electron chi connectivity index (χ4n) is 4.18. The number of benzene rings is 3. The highest BCUT2D eigenvalue weighted by atomic mass is 32.2. The van der Waals surface area contributed by atoms with Crippen LogP contribution in [-0.2, 0) is 6.54 Å². The Balaban J connectivity index is 0.00000119. The quantitative estimate of drug-likeness (QED) is 0.334. The SMILES string of the molecule is CC.Cc1ccc(Sn2cc(CN3CCN(c4ccccc4)CC3)c3ccccc32)cc1. The third-order valence-corrected chi connectivity index (χ3v) is 6.85. The molecular formula is C28H33N3S. The lowest BCUT2D eigenvalue weighted by Crippen LogP contribution is -2.45. The van der Waals surface area contributed by atoms with E-state index in [9.17, 15) is 0 Å². The molecule has 0 amide bonds. The zero-order valence-corrected chi connectivity index (χ0v) is 20.2. The van der Waals surface area contributed by atoms with E-state index in [-0.39, 0.29) is 0 Å². The number of para-hydroxylation sites is 2. The summed E-state index contributed by atoms with van der Waals surface area (Å²) in [6.45, 7) is 11.5. The summed E-state index contributed by atoms with van der Waals surface area (Å²) in [4.78, 5) is 6.35. The van der Waals surface area contributed by atoms with Crippen molar-refractivity contribution in [1.29, 1.82) is 0 Å². The van der Waals surface area contributed by atoms with E-state index < -0.39 is 0 Å². The first-order valence-electron chi connectivity index (χ1n) is 11.6. The van der Waals surface area contributed by atoms with Gasteiger partial charge in [-0.15, -0.1) is 0 Å². The molecule has 0 atom stereocenters. The van der Waals surface area contributed by atoms with Gasteiger partial charge in [0.05, 0.1) is 5.52 Å². The molecule has 0 N–H and O–H groups in total. The number of fused-ring (bicyclic) bond motifs is 1. The fourth-order valence-corrected chi connectivity index (χ4v) is 5.10.